The van der Waals surface area contributed by atoms with Gasteiger partial charge >= 0.3 is 0 Å². The molecule has 0 aliphatic carbocycles. The molecule has 1 aliphatic rings. The average molecular weight is 536 g/mol. The van der Waals surface area contributed by atoms with Gasteiger partial charge in [-0.25, -0.2) is 9.07 Å². The zero-order chi connectivity index (χ0) is 25.9. The van der Waals surface area contributed by atoms with E-state index in [1.54, 1.807) is 54.3 Å². The van der Waals surface area contributed by atoms with Crippen LogP contribution in [0.2, 0.25) is 5.02 Å². The number of hydrogen-bond donors (Lipinski definition) is 2. The Hall–Kier alpha value is -3.82. The van der Waals surface area contributed by atoms with E-state index >= 15 is 0 Å². The van der Waals surface area contributed by atoms with Gasteiger partial charge in [-0.05, 0) is 48.4 Å². The molecule has 0 saturated carbocycles. The summed E-state index contributed by atoms with van der Waals surface area (Å²) in [5.74, 6) is 0.826. The Morgan fingerprint density at radius 2 is 1.86 bits per heavy atom. The molecule has 1 atom stereocenters. The highest BCUT2D eigenvalue weighted by Crippen LogP contribution is 2.38. The lowest BCUT2D eigenvalue weighted by atomic mass is 9.95. The van der Waals surface area contributed by atoms with Crippen molar-refractivity contribution in [3.8, 4) is 5.75 Å². The van der Waals surface area contributed by atoms with Crippen LogP contribution in [0.4, 0.5) is 16.0 Å². The normalized spacial score (nSPS) is 14.6. The van der Waals surface area contributed by atoms with E-state index in [9.17, 15) is 9.18 Å². The first-order valence-corrected chi connectivity index (χ1v) is 12.8. The molecule has 7 nitrogen and oxygen atoms in total. The fourth-order valence-corrected chi connectivity index (χ4v) is 5.08. The number of ether oxygens (including phenoxy) is 1. The number of nitrogens with one attached hydrogen (secondary N) is 2. The van der Waals surface area contributed by atoms with Gasteiger partial charge < -0.3 is 15.4 Å². The maximum Gasteiger partial charge on any atom is 0.255 e. The number of allylic oxidation sites excluding steroid dienone is 1. The van der Waals surface area contributed by atoms with Crippen molar-refractivity contribution in [2.45, 2.75) is 23.9 Å². The minimum absolute atomic E-state index is 0.274. The van der Waals surface area contributed by atoms with Gasteiger partial charge in [0.2, 0.25) is 11.1 Å². The second-order valence-corrected chi connectivity index (χ2v) is 9.69. The van der Waals surface area contributed by atoms with Crippen LogP contribution in [0, 0.1) is 5.82 Å². The zero-order valence-electron chi connectivity index (χ0n) is 20.0. The summed E-state index contributed by atoms with van der Waals surface area (Å²) >= 11 is 7.47. The summed E-state index contributed by atoms with van der Waals surface area (Å²) in [6, 6.07) is 20.5. The number of anilines is 2. The molecule has 37 heavy (non-hydrogen) atoms. The van der Waals surface area contributed by atoms with Crippen LogP contribution in [0.1, 0.15) is 24.1 Å². The van der Waals surface area contributed by atoms with Crippen molar-refractivity contribution < 1.29 is 13.9 Å². The number of aromatic nitrogens is 3. The largest absolute Gasteiger partial charge is 0.495 e. The smallest absolute Gasteiger partial charge is 0.255 e. The summed E-state index contributed by atoms with van der Waals surface area (Å²) in [7, 11) is 1.55. The second kappa shape index (κ2) is 10.7. The summed E-state index contributed by atoms with van der Waals surface area (Å²) in [5, 5.41) is 11.9. The number of halogens is 2. The van der Waals surface area contributed by atoms with E-state index in [1.165, 1.54) is 17.8 Å². The van der Waals surface area contributed by atoms with Gasteiger partial charge in [-0.15, -0.1) is 5.10 Å². The Balaban J connectivity index is 1.50. The molecule has 1 aliphatic heterocycles. The summed E-state index contributed by atoms with van der Waals surface area (Å²) in [4.78, 5) is 18.3. The second-order valence-electron chi connectivity index (χ2n) is 8.31. The molecular formula is C27H23ClFN5O2S. The maximum atomic E-state index is 14.1. The lowest BCUT2D eigenvalue weighted by Gasteiger charge is -2.28. The number of benzene rings is 3. The number of nitrogens with zero attached hydrogens (tertiary/aromatic N) is 3. The van der Waals surface area contributed by atoms with Gasteiger partial charge in [0.15, 0.2) is 0 Å². The van der Waals surface area contributed by atoms with Crippen LogP contribution in [0.5, 0.6) is 5.75 Å². The first-order chi connectivity index (χ1) is 17.9. The first kappa shape index (κ1) is 24.9. The third kappa shape index (κ3) is 5.19. The first-order valence-electron chi connectivity index (χ1n) is 11.4. The summed E-state index contributed by atoms with van der Waals surface area (Å²) in [5.41, 5.74) is 3.03. The van der Waals surface area contributed by atoms with Crippen molar-refractivity contribution in [1.82, 2.24) is 14.8 Å². The van der Waals surface area contributed by atoms with Crippen molar-refractivity contribution in [3.63, 3.8) is 0 Å². The highest BCUT2D eigenvalue weighted by atomic mass is 35.5. The Kier molecular flexibility index (Phi) is 7.16. The number of rotatable bonds is 7. The van der Waals surface area contributed by atoms with Gasteiger partial charge in [0, 0.05) is 16.5 Å². The standard InChI is InChI=1S/C27H23ClFN5O2S/c1-16-23(25(35)31-21-9-5-6-10-22(21)36-2)24(17-11-13-19(28)14-12-17)34-26(30-16)32-27(33-34)37-15-18-7-3-4-8-20(18)29/h3-14,24H,15H2,1-2H3,(H,31,35)(H,30,32,33)/t24-/m0/s1. The van der Waals surface area contributed by atoms with E-state index in [-0.39, 0.29) is 11.7 Å². The minimum atomic E-state index is -0.571. The highest BCUT2D eigenvalue weighted by Gasteiger charge is 2.34. The SMILES string of the molecule is COc1ccccc1NC(=O)C1=C(C)Nc2nc(SCc3ccccc3F)nn2[C@H]1c1ccc(Cl)cc1. The van der Waals surface area contributed by atoms with Crippen LogP contribution in [0.25, 0.3) is 0 Å². The average Bonchev–Trinajstić information content (AvgIpc) is 3.30. The van der Waals surface area contributed by atoms with E-state index in [2.05, 4.69) is 15.6 Å². The highest BCUT2D eigenvalue weighted by molar-refractivity contribution is 7.98. The molecule has 0 fully saturated rings. The van der Waals surface area contributed by atoms with Crippen molar-refractivity contribution in [2.75, 3.05) is 17.7 Å². The van der Waals surface area contributed by atoms with Gasteiger partial charge in [0.1, 0.15) is 17.6 Å². The molecule has 188 valence electrons. The van der Waals surface area contributed by atoms with Crippen molar-refractivity contribution >= 4 is 40.9 Å². The molecule has 0 spiro atoms. The lowest BCUT2D eigenvalue weighted by Crippen LogP contribution is -2.31. The van der Waals surface area contributed by atoms with Gasteiger partial charge in [-0.1, -0.05) is 65.8 Å². The van der Waals surface area contributed by atoms with Crippen LogP contribution in [0.3, 0.4) is 0 Å². The number of para-hydroxylation sites is 2. The molecule has 0 bridgehead atoms. The molecule has 3 aromatic carbocycles. The molecule has 1 aromatic heterocycles. The quantitative estimate of drug-likeness (QED) is 0.270. The number of methoxy groups -OCH3 is 1. The van der Waals surface area contributed by atoms with E-state index in [1.807, 2.05) is 31.2 Å². The van der Waals surface area contributed by atoms with E-state index in [0.717, 1.165) is 5.56 Å². The molecule has 2 N–H and O–H groups in total. The van der Waals surface area contributed by atoms with E-state index in [0.29, 0.717) is 50.2 Å². The third-order valence-electron chi connectivity index (χ3n) is 5.93. The van der Waals surface area contributed by atoms with Crippen molar-refractivity contribution in [3.05, 3.63) is 106 Å². The van der Waals surface area contributed by atoms with Crippen LogP contribution >= 0.6 is 23.4 Å². The monoisotopic (exact) mass is 535 g/mol. The third-order valence-corrected chi connectivity index (χ3v) is 7.07. The Bertz CT molecular complexity index is 1490. The minimum Gasteiger partial charge on any atom is -0.495 e. The van der Waals surface area contributed by atoms with Gasteiger partial charge in [0.05, 0.1) is 18.4 Å². The number of carbonyl (C=O) groups excluding carboxylic acids is 1. The maximum absolute atomic E-state index is 14.1. The van der Waals surface area contributed by atoms with Crippen LogP contribution in [-0.2, 0) is 10.5 Å². The molecule has 0 saturated heterocycles. The predicted molar refractivity (Wildman–Crippen MR) is 144 cm³/mol. The van der Waals surface area contributed by atoms with Crippen molar-refractivity contribution in [2.24, 2.45) is 0 Å². The topological polar surface area (TPSA) is 81.1 Å². The summed E-state index contributed by atoms with van der Waals surface area (Å²) < 4.78 is 21.2. The molecule has 5 rings (SSSR count). The molecule has 4 aromatic rings. The lowest BCUT2D eigenvalue weighted by molar-refractivity contribution is -0.113. The number of amides is 1. The Labute approximate surface area is 222 Å². The fraction of sp³-hybridized carbons (Fsp3) is 0.148. The number of fused-ring (bicyclic) bond motifs is 1. The van der Waals surface area contributed by atoms with Gasteiger partial charge in [0.25, 0.3) is 5.91 Å². The summed E-state index contributed by atoms with van der Waals surface area (Å²) in [6.45, 7) is 1.82. The molecular weight excluding hydrogens is 513 g/mol. The zero-order valence-corrected chi connectivity index (χ0v) is 21.6. The number of carbonyl (C=O) groups is 1. The predicted octanol–water partition coefficient (Wildman–Crippen LogP) is 6.30. The van der Waals surface area contributed by atoms with E-state index in [4.69, 9.17) is 21.4 Å². The molecule has 0 unspecified atom stereocenters. The van der Waals surface area contributed by atoms with Crippen LogP contribution < -0.4 is 15.4 Å². The summed E-state index contributed by atoms with van der Waals surface area (Å²) in [6.07, 6.45) is 0. The number of hydrogen-bond acceptors (Lipinski definition) is 6. The molecule has 2 heterocycles. The number of thioether (sulfide) groups is 1. The molecule has 10 heteroatoms. The van der Waals surface area contributed by atoms with Crippen molar-refractivity contribution in [1.29, 1.82) is 0 Å². The Morgan fingerprint density at radius 1 is 1.14 bits per heavy atom. The molecule has 0 radical (unpaired) electrons. The Morgan fingerprint density at radius 3 is 2.62 bits per heavy atom. The fourth-order valence-electron chi connectivity index (χ4n) is 4.14. The van der Waals surface area contributed by atoms with Crippen LogP contribution in [0.15, 0.2) is 89.2 Å². The van der Waals surface area contributed by atoms with E-state index < -0.39 is 6.04 Å². The molecule has 1 amide bonds. The van der Waals surface area contributed by atoms with Gasteiger partial charge in [-0.3, -0.25) is 4.79 Å². The van der Waals surface area contributed by atoms with Gasteiger partial charge in [-0.2, -0.15) is 4.98 Å². The van der Waals surface area contributed by atoms with Crippen LogP contribution in [-0.4, -0.2) is 27.8 Å².